The average Bonchev–Trinajstić information content (AvgIpc) is 2.82. The molecule has 1 aromatic rings. The van der Waals surface area contributed by atoms with Crippen molar-refractivity contribution in [2.45, 2.75) is 47.5 Å². The highest BCUT2D eigenvalue weighted by Crippen LogP contribution is 2.22. The molecular weight excluding hydrogens is 206 g/mol. The van der Waals surface area contributed by atoms with Gasteiger partial charge in [-0.3, -0.25) is 4.99 Å². The van der Waals surface area contributed by atoms with Gasteiger partial charge >= 0.3 is 0 Å². The maximum atomic E-state index is 4.25. The van der Waals surface area contributed by atoms with Crippen molar-refractivity contribution in [3.8, 4) is 0 Å². The Morgan fingerprint density at radius 2 is 1.41 bits per heavy atom. The van der Waals surface area contributed by atoms with Crippen LogP contribution in [0.1, 0.15) is 51.7 Å². The molecule has 17 heavy (non-hydrogen) atoms. The number of aliphatic imine (C=N–C) groups is 1. The second-order valence-corrected chi connectivity index (χ2v) is 3.52. The van der Waals surface area contributed by atoms with E-state index in [0.29, 0.717) is 5.92 Å². The Hall–Kier alpha value is -1.37. The fraction of sp³-hybridized carbons (Fsp3) is 0.438. The molecule has 94 valence electrons. The number of aryl methyl sites for hydroxylation is 1. The third kappa shape index (κ3) is 4.99. The van der Waals surface area contributed by atoms with Crippen LogP contribution < -0.4 is 0 Å². The van der Waals surface area contributed by atoms with Crippen LogP contribution >= 0.6 is 0 Å². The Balaban J connectivity index is 0.000000581. The van der Waals surface area contributed by atoms with Gasteiger partial charge in [0.05, 0.1) is 0 Å². The van der Waals surface area contributed by atoms with Gasteiger partial charge in [0, 0.05) is 17.8 Å². The van der Waals surface area contributed by atoms with E-state index in [-0.39, 0.29) is 0 Å². The molecule has 2 rings (SSSR count). The molecule has 1 heterocycles. The Kier molecular flexibility index (Phi) is 8.04. The van der Waals surface area contributed by atoms with Gasteiger partial charge in [0.1, 0.15) is 0 Å². The average molecular weight is 231 g/mol. The van der Waals surface area contributed by atoms with E-state index in [1.807, 2.05) is 40.8 Å². The van der Waals surface area contributed by atoms with E-state index >= 15 is 0 Å². The van der Waals surface area contributed by atoms with Crippen molar-refractivity contribution in [3.05, 3.63) is 47.2 Å². The first-order valence-corrected chi connectivity index (χ1v) is 6.55. The van der Waals surface area contributed by atoms with Gasteiger partial charge in [-0.05, 0) is 19.4 Å². The SMILES string of the molecule is CC.CC.CC1=CC(c2ccc(C)cc2)C=N1. The summed E-state index contributed by atoms with van der Waals surface area (Å²) in [5.74, 6) is 0.389. The molecule has 0 N–H and O–H groups in total. The maximum absolute atomic E-state index is 4.25. The molecule has 1 aliphatic heterocycles. The first-order chi connectivity index (χ1) is 8.25. The molecule has 0 fully saturated rings. The van der Waals surface area contributed by atoms with Gasteiger partial charge in [0.25, 0.3) is 0 Å². The van der Waals surface area contributed by atoms with Crippen molar-refractivity contribution in [2.75, 3.05) is 0 Å². The van der Waals surface area contributed by atoms with Crippen LogP contribution in [0.5, 0.6) is 0 Å². The number of rotatable bonds is 1. The zero-order valence-electron chi connectivity index (χ0n) is 12.0. The molecule has 0 aliphatic carbocycles. The molecule has 0 aromatic heterocycles. The number of nitrogens with zero attached hydrogens (tertiary/aromatic N) is 1. The lowest BCUT2D eigenvalue weighted by molar-refractivity contribution is 1.17. The minimum atomic E-state index is 0.389. The molecule has 1 unspecified atom stereocenters. The van der Waals surface area contributed by atoms with Gasteiger partial charge in [0.2, 0.25) is 0 Å². The summed E-state index contributed by atoms with van der Waals surface area (Å²) in [4.78, 5) is 4.25. The van der Waals surface area contributed by atoms with E-state index in [2.05, 4.69) is 42.3 Å². The molecule has 0 bridgehead atoms. The normalized spacial score (nSPS) is 16.4. The fourth-order valence-corrected chi connectivity index (χ4v) is 1.51. The standard InChI is InChI=1S/C12H13N.2C2H6/c1-9-3-5-11(6-4-9)12-7-10(2)13-8-12;2*1-2/h3-8,12H,1-2H3;2*1-2H3. The summed E-state index contributed by atoms with van der Waals surface area (Å²) in [7, 11) is 0. The highest BCUT2D eigenvalue weighted by molar-refractivity contribution is 5.74. The molecular formula is C16H25N. The van der Waals surface area contributed by atoms with Crippen LogP contribution in [0.25, 0.3) is 0 Å². The number of hydrogen-bond acceptors (Lipinski definition) is 1. The van der Waals surface area contributed by atoms with E-state index in [1.165, 1.54) is 11.1 Å². The van der Waals surface area contributed by atoms with Crippen LogP contribution in [0, 0.1) is 6.92 Å². The molecule has 0 saturated carbocycles. The van der Waals surface area contributed by atoms with E-state index in [4.69, 9.17) is 0 Å². The van der Waals surface area contributed by atoms with Crippen LogP contribution in [-0.2, 0) is 0 Å². The second kappa shape index (κ2) is 8.74. The largest absolute Gasteiger partial charge is 0.265 e. The van der Waals surface area contributed by atoms with Crippen molar-refractivity contribution < 1.29 is 0 Å². The first kappa shape index (κ1) is 15.6. The zero-order valence-corrected chi connectivity index (χ0v) is 12.0. The van der Waals surface area contributed by atoms with Crippen LogP contribution in [0.2, 0.25) is 0 Å². The number of allylic oxidation sites excluding steroid dienone is 2. The second-order valence-electron chi connectivity index (χ2n) is 3.52. The van der Waals surface area contributed by atoms with Crippen molar-refractivity contribution in [1.82, 2.24) is 0 Å². The van der Waals surface area contributed by atoms with Gasteiger partial charge in [-0.15, -0.1) is 0 Å². The summed E-state index contributed by atoms with van der Waals surface area (Å²) in [6.45, 7) is 12.1. The topological polar surface area (TPSA) is 12.4 Å². The molecule has 0 radical (unpaired) electrons. The van der Waals surface area contributed by atoms with Gasteiger partial charge < -0.3 is 0 Å². The summed E-state index contributed by atoms with van der Waals surface area (Å²) < 4.78 is 0. The van der Waals surface area contributed by atoms with E-state index in [9.17, 15) is 0 Å². The first-order valence-electron chi connectivity index (χ1n) is 6.55. The van der Waals surface area contributed by atoms with Crippen molar-refractivity contribution in [3.63, 3.8) is 0 Å². The quantitative estimate of drug-likeness (QED) is 0.636. The van der Waals surface area contributed by atoms with Crippen molar-refractivity contribution >= 4 is 6.21 Å². The monoisotopic (exact) mass is 231 g/mol. The third-order valence-corrected chi connectivity index (χ3v) is 2.32. The molecule has 1 atom stereocenters. The Morgan fingerprint density at radius 3 is 1.82 bits per heavy atom. The minimum Gasteiger partial charge on any atom is -0.265 e. The summed E-state index contributed by atoms with van der Waals surface area (Å²) in [5, 5.41) is 0. The maximum Gasteiger partial charge on any atom is 0.0393 e. The van der Waals surface area contributed by atoms with Crippen LogP contribution in [0.3, 0.4) is 0 Å². The summed E-state index contributed by atoms with van der Waals surface area (Å²) in [6.07, 6.45) is 4.19. The van der Waals surface area contributed by atoms with Crippen molar-refractivity contribution in [2.24, 2.45) is 4.99 Å². The van der Waals surface area contributed by atoms with Gasteiger partial charge in [-0.2, -0.15) is 0 Å². The van der Waals surface area contributed by atoms with Crippen LogP contribution in [-0.4, -0.2) is 6.21 Å². The third-order valence-electron chi connectivity index (χ3n) is 2.32. The Bertz CT molecular complexity index is 358. The predicted molar refractivity (Wildman–Crippen MR) is 78.9 cm³/mol. The van der Waals surface area contributed by atoms with Crippen LogP contribution in [0.4, 0.5) is 0 Å². The zero-order chi connectivity index (χ0) is 13.3. The van der Waals surface area contributed by atoms with Gasteiger partial charge in [-0.25, -0.2) is 0 Å². The van der Waals surface area contributed by atoms with E-state index < -0.39 is 0 Å². The fourth-order valence-electron chi connectivity index (χ4n) is 1.51. The van der Waals surface area contributed by atoms with Crippen LogP contribution in [0.15, 0.2) is 41.0 Å². The highest BCUT2D eigenvalue weighted by atomic mass is 14.7. The Morgan fingerprint density at radius 1 is 0.882 bits per heavy atom. The molecule has 0 spiro atoms. The number of benzene rings is 1. The molecule has 1 heteroatoms. The molecule has 0 saturated heterocycles. The lowest BCUT2D eigenvalue weighted by atomic mass is 10.00. The van der Waals surface area contributed by atoms with Gasteiger partial charge in [-0.1, -0.05) is 63.6 Å². The summed E-state index contributed by atoms with van der Waals surface area (Å²) >= 11 is 0. The van der Waals surface area contributed by atoms with Crippen molar-refractivity contribution in [1.29, 1.82) is 0 Å². The molecule has 1 aliphatic rings. The predicted octanol–water partition coefficient (Wildman–Crippen LogP) is 5.12. The van der Waals surface area contributed by atoms with E-state index in [1.54, 1.807) is 0 Å². The summed E-state index contributed by atoms with van der Waals surface area (Å²) in [5.41, 5.74) is 3.75. The lowest BCUT2D eigenvalue weighted by Crippen LogP contribution is -1.92. The molecule has 0 amide bonds. The lowest BCUT2D eigenvalue weighted by Gasteiger charge is -2.03. The molecule has 1 aromatic carbocycles. The van der Waals surface area contributed by atoms with E-state index in [0.717, 1.165) is 5.70 Å². The number of hydrogen-bond donors (Lipinski definition) is 0. The highest BCUT2D eigenvalue weighted by Gasteiger charge is 2.09. The van der Waals surface area contributed by atoms with Gasteiger partial charge in [0.15, 0.2) is 0 Å². The smallest absolute Gasteiger partial charge is 0.0393 e. The minimum absolute atomic E-state index is 0.389. The molecule has 1 nitrogen and oxygen atoms in total. The summed E-state index contributed by atoms with van der Waals surface area (Å²) in [6, 6.07) is 8.62. The Labute approximate surface area is 106 Å².